The van der Waals surface area contributed by atoms with Crippen LogP contribution >= 0.6 is 0 Å². The Morgan fingerprint density at radius 1 is 0.920 bits per heavy atom. The molecule has 4 heteroatoms. The average Bonchev–Trinajstić information content (AvgIpc) is 2.60. The number of hydrogen-bond donors (Lipinski definition) is 0. The number of rotatable bonds is 2. The fraction of sp³-hybridized carbons (Fsp3) is 0.667. The van der Waals surface area contributed by atoms with Crippen molar-refractivity contribution in [2.75, 3.05) is 38.1 Å². The van der Waals surface area contributed by atoms with E-state index in [9.17, 15) is 4.79 Å². The highest BCUT2D eigenvalue weighted by molar-refractivity contribution is 5.47. The second kappa shape index (κ2) is 14.8. The van der Waals surface area contributed by atoms with Crippen molar-refractivity contribution in [2.24, 2.45) is 0 Å². The third-order valence-electron chi connectivity index (χ3n) is 3.30. The number of benzene rings is 1. The zero-order chi connectivity index (χ0) is 19.9. The highest BCUT2D eigenvalue weighted by Crippen LogP contribution is 2.16. The van der Waals surface area contributed by atoms with Gasteiger partial charge in [-0.2, -0.15) is 0 Å². The Kier molecular flexibility index (Phi) is 15.2. The molecule has 2 rings (SSSR count). The third-order valence-corrected chi connectivity index (χ3v) is 3.30. The molecule has 0 aliphatic carbocycles. The number of carbonyl (C=O) groups is 1. The van der Waals surface area contributed by atoms with Gasteiger partial charge in [0.1, 0.15) is 5.60 Å². The topological polar surface area (TPSA) is 32.8 Å². The van der Waals surface area contributed by atoms with Crippen LogP contribution in [-0.2, 0) is 9.53 Å². The van der Waals surface area contributed by atoms with Crippen LogP contribution in [0.5, 0.6) is 0 Å². The maximum atomic E-state index is 9.60. The predicted molar refractivity (Wildman–Crippen MR) is 110 cm³/mol. The van der Waals surface area contributed by atoms with Gasteiger partial charge in [-0.05, 0) is 46.9 Å². The molecule has 0 N–H and O–H groups in total. The zero-order valence-corrected chi connectivity index (χ0v) is 17.9. The molecule has 1 aromatic rings. The number of anilines is 1. The van der Waals surface area contributed by atoms with Gasteiger partial charge in [-0.3, -0.25) is 4.79 Å². The molecule has 0 saturated carbocycles. The highest BCUT2D eigenvalue weighted by atomic mass is 16.5. The molecule has 0 spiro atoms. The molecular weight excluding hydrogens is 312 g/mol. The van der Waals surface area contributed by atoms with Gasteiger partial charge in [0, 0.05) is 31.9 Å². The Morgan fingerprint density at radius 3 is 1.68 bits per heavy atom. The van der Waals surface area contributed by atoms with E-state index in [1.54, 1.807) is 0 Å². The van der Waals surface area contributed by atoms with E-state index >= 15 is 0 Å². The first kappa shape index (κ1) is 25.7. The Balaban J connectivity index is 0. The van der Waals surface area contributed by atoms with Crippen molar-refractivity contribution < 1.29 is 9.53 Å². The molecule has 1 aliphatic rings. The van der Waals surface area contributed by atoms with Gasteiger partial charge >= 0.3 is 0 Å². The smallest absolute Gasteiger partial charge is 0.293 e. The van der Waals surface area contributed by atoms with Crippen LogP contribution in [0.2, 0.25) is 0 Å². The molecule has 1 saturated heterocycles. The van der Waals surface area contributed by atoms with Gasteiger partial charge in [-0.25, -0.2) is 0 Å². The lowest BCUT2D eigenvalue weighted by molar-refractivity contribution is -0.138. The largest absolute Gasteiger partial charge is 0.462 e. The second-order valence-electron chi connectivity index (χ2n) is 6.45. The Labute approximate surface area is 156 Å². The Morgan fingerprint density at radius 2 is 1.36 bits per heavy atom. The summed E-state index contributed by atoms with van der Waals surface area (Å²) < 4.78 is 4.55. The van der Waals surface area contributed by atoms with Gasteiger partial charge in [-0.15, -0.1) is 0 Å². The quantitative estimate of drug-likeness (QED) is 0.719. The lowest BCUT2D eigenvalue weighted by Crippen LogP contribution is -2.44. The van der Waals surface area contributed by atoms with Crippen molar-refractivity contribution in [3.05, 3.63) is 29.8 Å². The molecule has 1 aromatic carbocycles. The van der Waals surface area contributed by atoms with Crippen LogP contribution in [0.1, 0.15) is 54.0 Å². The molecule has 25 heavy (non-hydrogen) atoms. The molecule has 0 radical (unpaired) electrons. The monoisotopic (exact) mass is 352 g/mol. The summed E-state index contributed by atoms with van der Waals surface area (Å²) in [5, 5.41) is 0. The standard InChI is InChI=1S/C12H18N2.C5H10O2.2C2H6/c1-11-3-5-12(6-4-11)14-9-7-13(2)8-10-14;1-5(2,3)7-4-6;2*1-2/h3-6H,7-10H2,1-2H3;4H,1-3H3;2*1-2H3. The van der Waals surface area contributed by atoms with Crippen LogP contribution in [0.25, 0.3) is 0 Å². The van der Waals surface area contributed by atoms with Crippen molar-refractivity contribution in [1.82, 2.24) is 4.90 Å². The summed E-state index contributed by atoms with van der Waals surface area (Å²) in [6.07, 6.45) is 0. The first-order chi connectivity index (χ1) is 11.8. The van der Waals surface area contributed by atoms with E-state index in [0.717, 1.165) is 13.1 Å². The maximum absolute atomic E-state index is 9.60. The molecule has 1 heterocycles. The molecule has 146 valence electrons. The number of ether oxygens (including phenoxy) is 1. The molecule has 1 aliphatic heterocycles. The summed E-state index contributed by atoms with van der Waals surface area (Å²) in [6, 6.07) is 8.82. The molecule has 4 nitrogen and oxygen atoms in total. The van der Waals surface area contributed by atoms with Crippen LogP contribution in [0.4, 0.5) is 5.69 Å². The molecule has 1 fully saturated rings. The van der Waals surface area contributed by atoms with Crippen molar-refractivity contribution in [3.63, 3.8) is 0 Å². The maximum Gasteiger partial charge on any atom is 0.293 e. The van der Waals surface area contributed by atoms with Crippen molar-refractivity contribution in [2.45, 2.75) is 61.0 Å². The first-order valence-electron chi connectivity index (χ1n) is 9.43. The van der Waals surface area contributed by atoms with E-state index in [1.807, 2.05) is 48.5 Å². The number of aryl methyl sites for hydroxylation is 1. The number of nitrogens with zero attached hydrogens (tertiary/aromatic N) is 2. The van der Waals surface area contributed by atoms with Gasteiger partial charge < -0.3 is 14.5 Å². The Hall–Kier alpha value is -1.55. The molecule has 0 aromatic heterocycles. The average molecular weight is 353 g/mol. The van der Waals surface area contributed by atoms with Gasteiger partial charge in [-0.1, -0.05) is 45.4 Å². The third kappa shape index (κ3) is 13.4. The van der Waals surface area contributed by atoms with E-state index in [-0.39, 0.29) is 5.60 Å². The number of likely N-dealkylation sites (N-methyl/N-ethyl adjacent to an activating group) is 1. The van der Waals surface area contributed by atoms with Crippen LogP contribution in [0.3, 0.4) is 0 Å². The van der Waals surface area contributed by atoms with Crippen molar-refractivity contribution >= 4 is 12.2 Å². The minimum atomic E-state index is -0.318. The second-order valence-corrected chi connectivity index (χ2v) is 6.45. The minimum Gasteiger partial charge on any atom is -0.462 e. The molecule has 0 bridgehead atoms. The van der Waals surface area contributed by atoms with Gasteiger partial charge in [0.15, 0.2) is 0 Å². The summed E-state index contributed by atoms with van der Waals surface area (Å²) in [5.41, 5.74) is 2.38. The summed E-state index contributed by atoms with van der Waals surface area (Å²) in [5.74, 6) is 0. The number of carbonyl (C=O) groups excluding carboxylic acids is 1. The Bertz CT molecular complexity index is 417. The fourth-order valence-corrected chi connectivity index (χ4v) is 1.96. The van der Waals surface area contributed by atoms with Crippen LogP contribution in [0.15, 0.2) is 24.3 Å². The summed E-state index contributed by atoms with van der Waals surface area (Å²) in [6.45, 7) is 20.7. The van der Waals surface area contributed by atoms with Gasteiger partial charge in [0.2, 0.25) is 0 Å². The SMILES string of the molecule is CC.CC.CC(C)(C)OC=O.Cc1ccc(N2CCN(C)CC2)cc1. The summed E-state index contributed by atoms with van der Waals surface area (Å²) >= 11 is 0. The van der Waals surface area contributed by atoms with E-state index in [4.69, 9.17) is 0 Å². The minimum absolute atomic E-state index is 0.318. The summed E-state index contributed by atoms with van der Waals surface area (Å²) in [7, 11) is 2.19. The molecule has 0 amide bonds. The molecule has 0 atom stereocenters. The lowest BCUT2D eigenvalue weighted by Gasteiger charge is -2.34. The van der Waals surface area contributed by atoms with E-state index in [0.29, 0.717) is 6.47 Å². The van der Waals surface area contributed by atoms with Gasteiger partial charge in [0.05, 0.1) is 0 Å². The summed E-state index contributed by atoms with van der Waals surface area (Å²) in [4.78, 5) is 14.4. The van der Waals surface area contributed by atoms with Crippen LogP contribution < -0.4 is 4.90 Å². The van der Waals surface area contributed by atoms with Crippen molar-refractivity contribution in [3.8, 4) is 0 Å². The van der Waals surface area contributed by atoms with Crippen molar-refractivity contribution in [1.29, 1.82) is 0 Å². The number of piperazine rings is 1. The van der Waals surface area contributed by atoms with E-state index in [1.165, 1.54) is 24.3 Å². The fourth-order valence-electron chi connectivity index (χ4n) is 1.96. The molecule has 0 unspecified atom stereocenters. The molecular formula is C21H40N2O2. The first-order valence-corrected chi connectivity index (χ1v) is 9.43. The van der Waals surface area contributed by atoms with E-state index in [2.05, 4.69) is 52.8 Å². The highest BCUT2D eigenvalue weighted by Gasteiger charge is 2.13. The van der Waals surface area contributed by atoms with Gasteiger partial charge in [0.25, 0.3) is 6.47 Å². The normalized spacial score (nSPS) is 13.9. The van der Waals surface area contributed by atoms with E-state index < -0.39 is 0 Å². The predicted octanol–water partition coefficient (Wildman–Crippen LogP) is 4.76. The lowest BCUT2D eigenvalue weighted by atomic mass is 10.2. The van der Waals surface area contributed by atoms with Crippen LogP contribution in [0, 0.1) is 6.92 Å². The zero-order valence-electron chi connectivity index (χ0n) is 17.9. The van der Waals surface area contributed by atoms with Crippen LogP contribution in [-0.4, -0.2) is 50.2 Å². The number of hydrogen-bond acceptors (Lipinski definition) is 4.